The van der Waals surface area contributed by atoms with E-state index in [2.05, 4.69) is 18.2 Å². The molecule has 0 fully saturated rings. The van der Waals surface area contributed by atoms with Gasteiger partial charge in [0.05, 0.1) is 18.2 Å². The predicted molar refractivity (Wildman–Crippen MR) is 61.4 cm³/mol. The molecule has 0 aromatic rings. The van der Waals surface area contributed by atoms with Crippen LogP contribution in [0.5, 0.6) is 0 Å². The number of unbranched alkanes of at least 4 members (excludes halogenated alkanes) is 2. The van der Waals surface area contributed by atoms with E-state index < -0.39 is 0 Å². The van der Waals surface area contributed by atoms with E-state index in [0.29, 0.717) is 19.3 Å². The lowest BCUT2D eigenvalue weighted by Gasteiger charge is -2.13. The summed E-state index contributed by atoms with van der Waals surface area (Å²) in [6.07, 6.45) is 6.88. The van der Waals surface area contributed by atoms with Crippen LogP contribution in [0, 0.1) is 34.0 Å². The first-order valence-electron chi connectivity index (χ1n) is 5.18. The maximum Gasteiger partial charge on any atom is 0.0625 e. The molecule has 3 nitrogen and oxygen atoms in total. The third kappa shape index (κ3) is 9.21. The van der Waals surface area contributed by atoms with Crippen LogP contribution in [0.4, 0.5) is 0 Å². The van der Waals surface area contributed by atoms with E-state index >= 15 is 0 Å². The molecule has 0 amide bonds. The molecule has 15 heavy (non-hydrogen) atoms. The Morgan fingerprint density at radius 2 is 1.20 bits per heavy atom. The molecule has 0 radical (unpaired) electrons. The molecule has 0 aromatic heterocycles. The molecule has 0 atom stereocenters. The molecule has 0 heterocycles. The molecule has 0 spiro atoms. The molecule has 0 aromatic carbocycles. The van der Waals surface area contributed by atoms with Gasteiger partial charge in [-0.05, 0) is 31.3 Å². The monoisotopic (exact) mass is 221 g/mol. The second-order valence-corrected chi connectivity index (χ2v) is 5.96. The maximum absolute atomic E-state index is 8.50. The highest BCUT2D eigenvalue weighted by atomic mass is 31.1. The Kier molecular flexibility index (Phi) is 10.2. The van der Waals surface area contributed by atoms with E-state index in [1.165, 1.54) is 0 Å². The zero-order chi connectivity index (χ0) is 11.4. The minimum Gasteiger partial charge on any atom is -0.198 e. The largest absolute Gasteiger partial charge is 0.198 e. The van der Waals surface area contributed by atoms with Crippen LogP contribution in [-0.2, 0) is 0 Å². The molecule has 80 valence electrons. The highest BCUT2D eigenvalue weighted by Gasteiger charge is 2.06. The zero-order valence-corrected chi connectivity index (χ0v) is 9.84. The normalized spacial score (nSPS) is 9.20. The Labute approximate surface area is 93.1 Å². The smallest absolute Gasteiger partial charge is 0.0625 e. The molecule has 0 saturated heterocycles. The Balaban J connectivity index is 3.66. The van der Waals surface area contributed by atoms with Crippen LogP contribution in [0.25, 0.3) is 0 Å². The summed E-state index contributed by atoms with van der Waals surface area (Å²) in [4.78, 5) is 0. The summed E-state index contributed by atoms with van der Waals surface area (Å²) >= 11 is 0. The third-order valence-corrected chi connectivity index (χ3v) is 4.75. The Bertz CT molecular complexity index is 251. The fraction of sp³-hybridized carbons (Fsp3) is 0.727. The van der Waals surface area contributed by atoms with Crippen LogP contribution in [0.1, 0.15) is 32.1 Å². The van der Waals surface area contributed by atoms with Gasteiger partial charge in [-0.25, -0.2) is 0 Å². The molecule has 0 aliphatic rings. The lowest BCUT2D eigenvalue weighted by atomic mass is 10.3. The SMILES string of the molecule is N#CCCCCP(CCC#N)CCC#N. The van der Waals surface area contributed by atoms with Gasteiger partial charge in [0, 0.05) is 19.3 Å². The van der Waals surface area contributed by atoms with Gasteiger partial charge in [0.15, 0.2) is 0 Å². The summed E-state index contributed by atoms with van der Waals surface area (Å²) in [6, 6.07) is 6.44. The first-order chi connectivity index (χ1) is 7.35. The minimum atomic E-state index is -0.143. The second-order valence-electron chi connectivity index (χ2n) is 3.27. The van der Waals surface area contributed by atoms with Gasteiger partial charge in [-0.1, -0.05) is 0 Å². The summed E-state index contributed by atoms with van der Waals surface area (Å²) in [6.45, 7) is 0. The molecule has 0 aliphatic carbocycles. The summed E-state index contributed by atoms with van der Waals surface area (Å²) in [5.74, 6) is 0. The summed E-state index contributed by atoms with van der Waals surface area (Å²) in [5.41, 5.74) is 0. The van der Waals surface area contributed by atoms with Crippen molar-refractivity contribution in [3.8, 4) is 18.2 Å². The zero-order valence-electron chi connectivity index (χ0n) is 8.95. The lowest BCUT2D eigenvalue weighted by molar-refractivity contribution is 0.824. The van der Waals surface area contributed by atoms with Gasteiger partial charge >= 0.3 is 0 Å². The maximum atomic E-state index is 8.50. The second kappa shape index (κ2) is 11.0. The van der Waals surface area contributed by atoms with Gasteiger partial charge in [-0.2, -0.15) is 15.8 Å². The molecule has 0 unspecified atom stereocenters. The van der Waals surface area contributed by atoms with Gasteiger partial charge in [0.25, 0.3) is 0 Å². The van der Waals surface area contributed by atoms with Crippen molar-refractivity contribution in [2.45, 2.75) is 32.1 Å². The number of nitriles is 3. The quantitative estimate of drug-likeness (QED) is 0.467. The molecular weight excluding hydrogens is 205 g/mol. The molecule has 0 bridgehead atoms. The van der Waals surface area contributed by atoms with Crippen molar-refractivity contribution in [3.05, 3.63) is 0 Å². The number of hydrogen-bond donors (Lipinski definition) is 0. The standard InChI is InChI=1S/C11H16N3P/c12-6-2-1-3-9-15(10-4-7-13)11-5-8-14/h1-5,9-11H2. The van der Waals surface area contributed by atoms with Gasteiger partial charge < -0.3 is 0 Å². The van der Waals surface area contributed by atoms with Crippen molar-refractivity contribution in [1.29, 1.82) is 15.8 Å². The van der Waals surface area contributed by atoms with E-state index in [0.717, 1.165) is 31.3 Å². The highest BCUT2D eigenvalue weighted by molar-refractivity contribution is 7.57. The molecule has 4 heteroatoms. The highest BCUT2D eigenvalue weighted by Crippen LogP contribution is 2.37. The first-order valence-corrected chi connectivity index (χ1v) is 7.08. The number of rotatable bonds is 8. The number of nitrogens with zero attached hydrogens (tertiary/aromatic N) is 3. The van der Waals surface area contributed by atoms with E-state index in [9.17, 15) is 0 Å². The van der Waals surface area contributed by atoms with Crippen LogP contribution in [0.2, 0.25) is 0 Å². The molecule has 0 rings (SSSR count). The molecule has 0 saturated carbocycles. The van der Waals surface area contributed by atoms with Crippen LogP contribution in [0.3, 0.4) is 0 Å². The van der Waals surface area contributed by atoms with Crippen molar-refractivity contribution >= 4 is 7.92 Å². The summed E-state index contributed by atoms with van der Waals surface area (Å²) < 4.78 is 0. The van der Waals surface area contributed by atoms with Crippen LogP contribution < -0.4 is 0 Å². The third-order valence-electron chi connectivity index (χ3n) is 2.09. The van der Waals surface area contributed by atoms with Gasteiger partial charge in [0.1, 0.15) is 0 Å². The van der Waals surface area contributed by atoms with Crippen molar-refractivity contribution in [3.63, 3.8) is 0 Å². The average molecular weight is 221 g/mol. The van der Waals surface area contributed by atoms with E-state index in [4.69, 9.17) is 15.8 Å². The van der Waals surface area contributed by atoms with Crippen molar-refractivity contribution < 1.29 is 0 Å². The summed E-state index contributed by atoms with van der Waals surface area (Å²) in [5, 5.41) is 25.4. The van der Waals surface area contributed by atoms with E-state index in [1.807, 2.05) is 0 Å². The van der Waals surface area contributed by atoms with Crippen molar-refractivity contribution in [2.24, 2.45) is 0 Å². The van der Waals surface area contributed by atoms with E-state index in [1.54, 1.807) is 0 Å². The fourth-order valence-corrected chi connectivity index (χ4v) is 3.47. The molecule has 0 aliphatic heterocycles. The minimum absolute atomic E-state index is 0.143. The van der Waals surface area contributed by atoms with Crippen LogP contribution in [0.15, 0.2) is 0 Å². The Morgan fingerprint density at radius 1 is 0.667 bits per heavy atom. The number of hydrogen-bond acceptors (Lipinski definition) is 3. The molecular formula is C11H16N3P. The lowest BCUT2D eigenvalue weighted by Crippen LogP contribution is -1.95. The first kappa shape index (κ1) is 13.9. The fourth-order valence-electron chi connectivity index (χ4n) is 1.29. The predicted octanol–water partition coefficient (Wildman–Crippen LogP) is 2.99. The van der Waals surface area contributed by atoms with Crippen LogP contribution in [-0.4, -0.2) is 18.5 Å². The van der Waals surface area contributed by atoms with Crippen molar-refractivity contribution in [1.82, 2.24) is 0 Å². The van der Waals surface area contributed by atoms with E-state index in [-0.39, 0.29) is 7.92 Å². The van der Waals surface area contributed by atoms with Gasteiger partial charge in [-0.15, -0.1) is 7.92 Å². The topological polar surface area (TPSA) is 71.4 Å². The van der Waals surface area contributed by atoms with Crippen molar-refractivity contribution in [2.75, 3.05) is 18.5 Å². The van der Waals surface area contributed by atoms with Crippen LogP contribution >= 0.6 is 7.92 Å². The van der Waals surface area contributed by atoms with Gasteiger partial charge in [-0.3, -0.25) is 0 Å². The summed E-state index contributed by atoms with van der Waals surface area (Å²) in [7, 11) is -0.143. The average Bonchev–Trinajstić information content (AvgIpc) is 2.27. The Hall–Kier alpha value is -1.10. The van der Waals surface area contributed by atoms with Gasteiger partial charge in [0.2, 0.25) is 0 Å². The Morgan fingerprint density at radius 3 is 1.67 bits per heavy atom. The molecule has 0 N–H and O–H groups in total.